The first-order chi connectivity index (χ1) is 9.24. The van der Waals surface area contributed by atoms with Gasteiger partial charge in [0.2, 0.25) is 5.69 Å². The molecule has 102 valence electrons. The number of hydrogen-bond acceptors (Lipinski definition) is 4. The zero-order chi connectivity index (χ0) is 13.7. The number of carboxylic acid groups (broad SMARTS) is 1. The first-order valence-corrected chi connectivity index (χ1v) is 6.44. The van der Waals surface area contributed by atoms with Crippen molar-refractivity contribution in [3.8, 4) is 11.5 Å². The summed E-state index contributed by atoms with van der Waals surface area (Å²) in [5.41, 5.74) is 0.374. The monoisotopic (exact) mass is 263 g/mol. The number of hydrogen-bond donors (Lipinski definition) is 1. The maximum atomic E-state index is 11.1. The van der Waals surface area contributed by atoms with E-state index in [1.165, 1.54) is 6.26 Å². The van der Waals surface area contributed by atoms with Gasteiger partial charge in [0.05, 0.1) is 6.26 Å². The zero-order valence-electron chi connectivity index (χ0n) is 10.9. The predicted octanol–water partition coefficient (Wildman–Crippen LogP) is 2.82. The quantitative estimate of drug-likeness (QED) is 0.777. The first kappa shape index (κ1) is 13.3. The van der Waals surface area contributed by atoms with Crippen LogP contribution in [0.5, 0.6) is 0 Å². The van der Waals surface area contributed by atoms with Gasteiger partial charge < -0.3 is 9.52 Å². The van der Waals surface area contributed by atoms with Gasteiger partial charge in [0.1, 0.15) is 5.69 Å². The number of furan rings is 1. The van der Waals surface area contributed by atoms with Gasteiger partial charge in [-0.25, -0.2) is 9.48 Å². The third-order valence-corrected chi connectivity index (χ3v) is 2.92. The molecule has 0 saturated heterocycles. The minimum Gasteiger partial charge on any atom is -0.476 e. The van der Waals surface area contributed by atoms with Crippen molar-refractivity contribution in [2.24, 2.45) is 0 Å². The molecule has 0 amide bonds. The van der Waals surface area contributed by atoms with Crippen LogP contribution in [0.1, 0.15) is 43.1 Å². The molecule has 2 aromatic rings. The van der Waals surface area contributed by atoms with Crippen molar-refractivity contribution in [2.45, 2.75) is 39.2 Å². The Morgan fingerprint density at radius 2 is 2.26 bits per heavy atom. The minimum atomic E-state index is -1.09. The minimum absolute atomic E-state index is 0.0644. The van der Waals surface area contributed by atoms with E-state index in [9.17, 15) is 4.79 Å². The summed E-state index contributed by atoms with van der Waals surface area (Å²) in [4.78, 5) is 11.1. The van der Waals surface area contributed by atoms with E-state index in [-0.39, 0.29) is 5.69 Å². The predicted molar refractivity (Wildman–Crippen MR) is 68.8 cm³/mol. The Hall–Kier alpha value is -2.11. The van der Waals surface area contributed by atoms with Crippen molar-refractivity contribution >= 4 is 5.97 Å². The third kappa shape index (κ3) is 3.01. The molecule has 0 radical (unpaired) electrons. The molecule has 0 aliphatic rings. The molecule has 0 atom stereocenters. The molecule has 0 aliphatic carbocycles. The highest BCUT2D eigenvalue weighted by Crippen LogP contribution is 2.23. The summed E-state index contributed by atoms with van der Waals surface area (Å²) < 4.78 is 6.88. The molecule has 0 fully saturated rings. The zero-order valence-corrected chi connectivity index (χ0v) is 10.9. The van der Waals surface area contributed by atoms with Gasteiger partial charge in [-0.2, -0.15) is 0 Å². The molecule has 2 heterocycles. The van der Waals surface area contributed by atoms with E-state index < -0.39 is 5.97 Å². The molecule has 0 spiro atoms. The Balaban J connectivity index is 2.21. The number of aryl methyl sites for hydroxylation is 1. The van der Waals surface area contributed by atoms with Crippen molar-refractivity contribution in [2.75, 3.05) is 0 Å². The van der Waals surface area contributed by atoms with Crippen LogP contribution < -0.4 is 0 Å². The summed E-state index contributed by atoms with van der Waals surface area (Å²) in [6, 6.07) is 3.43. The summed E-state index contributed by atoms with van der Waals surface area (Å²) in [7, 11) is 0. The van der Waals surface area contributed by atoms with Gasteiger partial charge in [0, 0.05) is 6.54 Å². The van der Waals surface area contributed by atoms with Crippen LogP contribution in [0.25, 0.3) is 11.5 Å². The highest BCUT2D eigenvalue weighted by Gasteiger charge is 2.22. The number of aromatic carboxylic acids is 1. The van der Waals surface area contributed by atoms with Crippen LogP contribution in [0.2, 0.25) is 0 Å². The lowest BCUT2D eigenvalue weighted by molar-refractivity contribution is 0.0691. The van der Waals surface area contributed by atoms with Crippen LogP contribution >= 0.6 is 0 Å². The smallest absolute Gasteiger partial charge is 0.358 e. The number of nitrogens with zero attached hydrogens (tertiary/aromatic N) is 3. The molecule has 1 N–H and O–H groups in total. The summed E-state index contributed by atoms with van der Waals surface area (Å²) in [6.45, 7) is 2.79. The first-order valence-electron chi connectivity index (χ1n) is 6.44. The van der Waals surface area contributed by atoms with Gasteiger partial charge in [-0.05, 0) is 18.6 Å². The van der Waals surface area contributed by atoms with Crippen molar-refractivity contribution in [1.82, 2.24) is 15.0 Å². The van der Waals surface area contributed by atoms with Gasteiger partial charge in [0.25, 0.3) is 0 Å². The maximum Gasteiger partial charge on any atom is 0.358 e. The molecular weight excluding hydrogens is 246 g/mol. The number of aromatic nitrogens is 3. The maximum absolute atomic E-state index is 11.1. The van der Waals surface area contributed by atoms with Crippen LogP contribution in [-0.2, 0) is 6.54 Å². The number of carboxylic acids is 1. The fourth-order valence-electron chi connectivity index (χ4n) is 1.96. The second-order valence-corrected chi connectivity index (χ2v) is 4.35. The van der Waals surface area contributed by atoms with Crippen LogP contribution in [-0.4, -0.2) is 26.1 Å². The fraction of sp³-hybridized carbons (Fsp3) is 0.462. The Morgan fingerprint density at radius 1 is 1.42 bits per heavy atom. The van der Waals surface area contributed by atoms with Crippen molar-refractivity contribution in [3.63, 3.8) is 0 Å². The summed E-state index contributed by atoms with van der Waals surface area (Å²) in [5.74, 6) is -0.607. The van der Waals surface area contributed by atoms with Gasteiger partial charge in [0.15, 0.2) is 5.76 Å². The summed E-state index contributed by atoms with van der Waals surface area (Å²) in [6.07, 6.45) is 5.87. The van der Waals surface area contributed by atoms with Crippen LogP contribution in [0, 0.1) is 0 Å². The molecule has 0 bridgehead atoms. The molecule has 2 aromatic heterocycles. The Labute approximate surface area is 111 Å². The Bertz CT molecular complexity index is 531. The fourth-order valence-corrected chi connectivity index (χ4v) is 1.96. The van der Waals surface area contributed by atoms with Crippen molar-refractivity contribution in [3.05, 3.63) is 24.1 Å². The van der Waals surface area contributed by atoms with Gasteiger partial charge in [-0.15, -0.1) is 5.10 Å². The van der Waals surface area contributed by atoms with E-state index in [0.29, 0.717) is 18.0 Å². The molecule has 6 nitrogen and oxygen atoms in total. The second kappa shape index (κ2) is 6.17. The Morgan fingerprint density at radius 3 is 2.89 bits per heavy atom. The van der Waals surface area contributed by atoms with Gasteiger partial charge in [-0.3, -0.25) is 0 Å². The average Bonchev–Trinajstić information content (AvgIpc) is 3.02. The van der Waals surface area contributed by atoms with E-state index in [4.69, 9.17) is 9.52 Å². The molecular formula is C13H17N3O3. The molecule has 6 heteroatoms. The lowest BCUT2D eigenvalue weighted by Gasteiger charge is -2.04. The lowest BCUT2D eigenvalue weighted by atomic mass is 10.2. The largest absolute Gasteiger partial charge is 0.476 e. The molecule has 0 aromatic carbocycles. The number of unbranched alkanes of at least 4 members (excludes halogenated alkanes) is 3. The van der Waals surface area contributed by atoms with Crippen molar-refractivity contribution in [1.29, 1.82) is 0 Å². The standard InChI is InChI=1S/C13H17N3O3/c1-2-3-4-5-8-16-12(10-7-6-9-19-10)11(13(17)18)14-15-16/h6-7,9H,2-5,8H2,1H3,(H,17,18). The second-order valence-electron chi connectivity index (χ2n) is 4.35. The normalized spacial score (nSPS) is 10.8. The molecule has 19 heavy (non-hydrogen) atoms. The molecule has 0 aliphatic heterocycles. The number of carbonyl (C=O) groups is 1. The van der Waals surface area contributed by atoms with Gasteiger partial charge in [-0.1, -0.05) is 31.4 Å². The van der Waals surface area contributed by atoms with Crippen molar-refractivity contribution < 1.29 is 14.3 Å². The SMILES string of the molecule is CCCCCCn1nnc(C(=O)O)c1-c1ccco1. The van der Waals surface area contributed by atoms with E-state index in [2.05, 4.69) is 17.2 Å². The number of rotatable bonds is 7. The molecule has 0 unspecified atom stereocenters. The molecule has 0 saturated carbocycles. The topological polar surface area (TPSA) is 81.2 Å². The average molecular weight is 263 g/mol. The highest BCUT2D eigenvalue weighted by atomic mass is 16.4. The van der Waals surface area contributed by atoms with E-state index >= 15 is 0 Å². The van der Waals surface area contributed by atoms with Crippen LogP contribution in [0.3, 0.4) is 0 Å². The summed E-state index contributed by atoms with van der Waals surface area (Å²) in [5, 5.41) is 16.8. The molecule has 2 rings (SSSR count). The van der Waals surface area contributed by atoms with E-state index in [1.807, 2.05) is 0 Å². The Kier molecular flexibility index (Phi) is 4.33. The van der Waals surface area contributed by atoms with E-state index in [0.717, 1.165) is 25.7 Å². The third-order valence-electron chi connectivity index (χ3n) is 2.92. The van der Waals surface area contributed by atoms with Crippen LogP contribution in [0.15, 0.2) is 22.8 Å². The summed E-state index contributed by atoms with van der Waals surface area (Å²) >= 11 is 0. The van der Waals surface area contributed by atoms with E-state index in [1.54, 1.807) is 16.8 Å². The van der Waals surface area contributed by atoms with Gasteiger partial charge >= 0.3 is 5.97 Å². The highest BCUT2D eigenvalue weighted by molar-refractivity contribution is 5.91. The van der Waals surface area contributed by atoms with Crippen LogP contribution in [0.4, 0.5) is 0 Å². The lowest BCUT2D eigenvalue weighted by Crippen LogP contribution is -2.04.